The van der Waals surface area contributed by atoms with Crippen molar-refractivity contribution in [3.63, 3.8) is 0 Å². The van der Waals surface area contributed by atoms with E-state index >= 15 is 0 Å². The summed E-state index contributed by atoms with van der Waals surface area (Å²) in [6.45, 7) is 3.30. The van der Waals surface area contributed by atoms with Crippen molar-refractivity contribution in [3.8, 4) is 0 Å². The van der Waals surface area contributed by atoms with Crippen molar-refractivity contribution in [2.45, 2.75) is 12.1 Å². The highest BCUT2D eigenvalue weighted by molar-refractivity contribution is 5.77. The predicted octanol–water partition coefficient (Wildman–Crippen LogP) is -0.739. The van der Waals surface area contributed by atoms with Crippen LogP contribution in [0, 0.1) is 0 Å². The third-order valence-electron chi connectivity index (χ3n) is 0.880. The molecule has 0 aromatic rings. The summed E-state index contributed by atoms with van der Waals surface area (Å²) in [5.41, 5.74) is 8.50. The molecule has 52 valence electrons. The molecule has 0 amide bonds. The molecule has 0 aliphatic carbocycles. The molecule has 0 rings (SSSR count). The topological polar surface area (TPSA) is 89.3 Å². The van der Waals surface area contributed by atoms with Gasteiger partial charge in [-0.3, -0.25) is 0 Å². The van der Waals surface area contributed by atoms with Crippen LogP contribution in [0.4, 0.5) is 0 Å². The zero-order valence-electron chi connectivity index (χ0n) is 5.00. The molecule has 0 aliphatic heterocycles. The molecule has 0 atom stereocenters. The van der Waals surface area contributed by atoms with Gasteiger partial charge in [0.25, 0.3) is 0 Å². The molecule has 0 fully saturated rings. The molecule has 4 nitrogen and oxygen atoms in total. The van der Waals surface area contributed by atoms with Gasteiger partial charge in [0.1, 0.15) is 0 Å². The van der Waals surface area contributed by atoms with Gasteiger partial charge >= 0.3 is 5.97 Å². The quantitative estimate of drug-likeness (QED) is 0.347. The maximum absolute atomic E-state index is 10.1. The van der Waals surface area contributed by atoms with Gasteiger partial charge in [0.15, 0.2) is 5.66 Å². The molecule has 0 aromatic carbocycles. The summed E-state index contributed by atoms with van der Waals surface area (Å²) in [6, 6.07) is 0. The van der Waals surface area contributed by atoms with Crippen LogP contribution in [0.5, 0.6) is 0 Å². The molecule has 5 N–H and O–H groups in total. The minimum Gasteiger partial charge on any atom is -0.479 e. The standard InChI is InChI=1S/C5H10N2O2/c1-2-3-5(6,7)4(8)9/h2H,1,3,6-7H2,(H,8,9). The van der Waals surface area contributed by atoms with Gasteiger partial charge in [0.2, 0.25) is 0 Å². The van der Waals surface area contributed by atoms with E-state index in [1.807, 2.05) is 0 Å². The summed E-state index contributed by atoms with van der Waals surface area (Å²) in [6.07, 6.45) is 1.44. The second-order valence-electron chi connectivity index (χ2n) is 1.84. The Bertz CT molecular complexity index is 131. The fourth-order valence-electron chi connectivity index (χ4n) is 0.326. The Labute approximate surface area is 53.1 Å². The summed E-state index contributed by atoms with van der Waals surface area (Å²) >= 11 is 0. The smallest absolute Gasteiger partial charge is 0.338 e. The van der Waals surface area contributed by atoms with Crippen LogP contribution >= 0.6 is 0 Å². The minimum absolute atomic E-state index is 0.0718. The van der Waals surface area contributed by atoms with Crippen molar-refractivity contribution < 1.29 is 9.90 Å². The number of carboxylic acid groups (broad SMARTS) is 1. The monoisotopic (exact) mass is 130 g/mol. The molecule has 0 radical (unpaired) electrons. The summed E-state index contributed by atoms with van der Waals surface area (Å²) in [7, 11) is 0. The van der Waals surface area contributed by atoms with Gasteiger partial charge in [-0.1, -0.05) is 6.08 Å². The van der Waals surface area contributed by atoms with Gasteiger partial charge < -0.3 is 16.6 Å². The van der Waals surface area contributed by atoms with Gasteiger partial charge in [0, 0.05) is 6.42 Å². The molecule has 0 saturated carbocycles. The van der Waals surface area contributed by atoms with Crippen molar-refractivity contribution >= 4 is 5.97 Å². The van der Waals surface area contributed by atoms with Crippen LogP contribution in [-0.2, 0) is 4.79 Å². The zero-order chi connectivity index (χ0) is 7.49. The van der Waals surface area contributed by atoms with E-state index in [9.17, 15) is 4.79 Å². The van der Waals surface area contributed by atoms with Crippen molar-refractivity contribution in [2.75, 3.05) is 0 Å². The molecule has 0 saturated heterocycles. The Morgan fingerprint density at radius 2 is 2.22 bits per heavy atom. The van der Waals surface area contributed by atoms with E-state index in [4.69, 9.17) is 16.6 Å². The Morgan fingerprint density at radius 1 is 1.78 bits per heavy atom. The highest BCUT2D eigenvalue weighted by Gasteiger charge is 2.26. The van der Waals surface area contributed by atoms with Crippen LogP contribution < -0.4 is 11.5 Å². The number of aliphatic carboxylic acids is 1. The van der Waals surface area contributed by atoms with E-state index < -0.39 is 11.6 Å². The molecule has 0 heterocycles. The molecule has 0 bridgehead atoms. The van der Waals surface area contributed by atoms with Gasteiger partial charge in [-0.2, -0.15) is 0 Å². The Hall–Kier alpha value is -0.870. The van der Waals surface area contributed by atoms with Crippen LogP contribution in [0.3, 0.4) is 0 Å². The molecule has 9 heavy (non-hydrogen) atoms. The van der Waals surface area contributed by atoms with Gasteiger partial charge in [0.05, 0.1) is 0 Å². The predicted molar refractivity (Wildman–Crippen MR) is 33.6 cm³/mol. The SMILES string of the molecule is C=CCC(N)(N)C(=O)O. The fraction of sp³-hybridized carbons (Fsp3) is 0.400. The van der Waals surface area contributed by atoms with Gasteiger partial charge in [-0.15, -0.1) is 6.58 Å². The van der Waals surface area contributed by atoms with E-state index in [1.54, 1.807) is 0 Å². The Kier molecular flexibility index (Phi) is 2.36. The molecular weight excluding hydrogens is 120 g/mol. The second kappa shape index (κ2) is 2.61. The average Bonchev–Trinajstić information content (AvgIpc) is 1.65. The van der Waals surface area contributed by atoms with E-state index in [0.717, 1.165) is 0 Å². The molecule has 0 aromatic heterocycles. The molecule has 4 heteroatoms. The van der Waals surface area contributed by atoms with Crippen LogP contribution in [0.2, 0.25) is 0 Å². The van der Waals surface area contributed by atoms with Crippen LogP contribution in [0.1, 0.15) is 6.42 Å². The Balaban J connectivity index is 4.00. The third-order valence-corrected chi connectivity index (χ3v) is 0.880. The summed E-state index contributed by atoms with van der Waals surface area (Å²) in [4.78, 5) is 10.1. The van der Waals surface area contributed by atoms with Crippen LogP contribution in [-0.4, -0.2) is 16.7 Å². The average molecular weight is 130 g/mol. The lowest BCUT2D eigenvalue weighted by atomic mass is 10.1. The van der Waals surface area contributed by atoms with Crippen molar-refractivity contribution in [2.24, 2.45) is 11.5 Å². The van der Waals surface area contributed by atoms with E-state index in [-0.39, 0.29) is 6.42 Å². The number of hydrogen-bond donors (Lipinski definition) is 3. The van der Waals surface area contributed by atoms with Crippen LogP contribution in [0.15, 0.2) is 12.7 Å². The normalized spacial score (nSPS) is 10.9. The first kappa shape index (κ1) is 8.13. The van der Waals surface area contributed by atoms with Crippen molar-refractivity contribution in [3.05, 3.63) is 12.7 Å². The lowest BCUT2D eigenvalue weighted by molar-refractivity contribution is -0.143. The number of nitrogens with two attached hydrogens (primary N) is 2. The van der Waals surface area contributed by atoms with Gasteiger partial charge in [-0.25, -0.2) is 4.79 Å². The first-order valence-electron chi connectivity index (χ1n) is 2.43. The number of carbonyl (C=O) groups is 1. The summed E-state index contributed by atoms with van der Waals surface area (Å²) in [5.74, 6) is -1.22. The molecule has 0 spiro atoms. The number of carboxylic acids is 1. The zero-order valence-corrected chi connectivity index (χ0v) is 5.00. The first-order chi connectivity index (χ1) is 4.00. The largest absolute Gasteiger partial charge is 0.479 e. The highest BCUT2D eigenvalue weighted by Crippen LogP contribution is 1.97. The summed E-state index contributed by atoms with van der Waals surface area (Å²) < 4.78 is 0. The number of hydrogen-bond acceptors (Lipinski definition) is 3. The maximum atomic E-state index is 10.1. The van der Waals surface area contributed by atoms with Crippen molar-refractivity contribution in [1.82, 2.24) is 0 Å². The lowest BCUT2D eigenvalue weighted by Gasteiger charge is -2.15. The van der Waals surface area contributed by atoms with E-state index in [1.165, 1.54) is 6.08 Å². The van der Waals surface area contributed by atoms with Gasteiger partial charge in [-0.05, 0) is 0 Å². The van der Waals surface area contributed by atoms with E-state index in [0.29, 0.717) is 0 Å². The van der Waals surface area contributed by atoms with E-state index in [2.05, 4.69) is 6.58 Å². The molecule has 0 aliphatic rings. The minimum atomic E-state index is -1.65. The van der Waals surface area contributed by atoms with Crippen molar-refractivity contribution in [1.29, 1.82) is 0 Å². The Morgan fingerprint density at radius 3 is 2.33 bits per heavy atom. The van der Waals surface area contributed by atoms with Crippen LogP contribution in [0.25, 0.3) is 0 Å². The fourth-order valence-corrected chi connectivity index (χ4v) is 0.326. The molecular formula is C5H10N2O2. The number of rotatable bonds is 3. The summed E-state index contributed by atoms with van der Waals surface area (Å²) in [5, 5.41) is 8.27. The highest BCUT2D eigenvalue weighted by atomic mass is 16.4. The lowest BCUT2D eigenvalue weighted by Crippen LogP contribution is -2.55. The molecule has 0 unspecified atom stereocenters. The maximum Gasteiger partial charge on any atom is 0.338 e. The third kappa shape index (κ3) is 2.25. The second-order valence-corrected chi connectivity index (χ2v) is 1.84. The first-order valence-corrected chi connectivity index (χ1v) is 2.43.